The molecule has 78 valence electrons. The molecule has 1 aromatic rings. The summed E-state index contributed by atoms with van der Waals surface area (Å²) in [7, 11) is 0.598. The first kappa shape index (κ1) is 11.6. The van der Waals surface area contributed by atoms with Gasteiger partial charge in [-0.3, -0.25) is 0 Å². The molecule has 0 unspecified atom stereocenters. The molecule has 0 aromatic heterocycles. The van der Waals surface area contributed by atoms with E-state index in [9.17, 15) is 0 Å². The van der Waals surface area contributed by atoms with E-state index in [-0.39, 0.29) is 0 Å². The Bertz CT molecular complexity index is 318. The third-order valence-corrected chi connectivity index (χ3v) is 3.64. The summed E-state index contributed by atoms with van der Waals surface area (Å²) in [6, 6.07) is 6.93. The predicted octanol–water partition coefficient (Wildman–Crippen LogP) is 3.77. The van der Waals surface area contributed by atoms with Gasteiger partial charge in [-0.1, -0.05) is 31.2 Å². The Kier molecular flexibility index (Phi) is 3.62. The van der Waals surface area contributed by atoms with E-state index in [4.69, 9.17) is 16.3 Å². The van der Waals surface area contributed by atoms with E-state index in [2.05, 4.69) is 19.6 Å². The van der Waals surface area contributed by atoms with Crippen LogP contribution in [-0.2, 0) is 6.04 Å². The molecular weight excluding hydrogens is 212 g/mol. The Balaban J connectivity index is 2.99. The molecule has 0 saturated carbocycles. The molecule has 0 aliphatic carbocycles. The summed E-state index contributed by atoms with van der Waals surface area (Å²) in [4.78, 5) is 0. The Hall–Kier alpha value is -0.473. The van der Waals surface area contributed by atoms with Gasteiger partial charge in [-0.25, -0.2) is 0 Å². The van der Waals surface area contributed by atoms with Gasteiger partial charge in [0.1, 0.15) is 5.75 Å². The van der Waals surface area contributed by atoms with Crippen molar-refractivity contribution in [2.75, 3.05) is 7.11 Å². The third-order valence-electron chi connectivity index (χ3n) is 1.96. The van der Waals surface area contributed by atoms with Crippen molar-refractivity contribution in [3.05, 3.63) is 28.8 Å². The third kappa shape index (κ3) is 3.35. The molecule has 0 fully saturated rings. The van der Waals surface area contributed by atoms with Crippen LogP contribution in [-0.4, -0.2) is 15.2 Å². The topological polar surface area (TPSA) is 9.23 Å². The highest BCUT2D eigenvalue weighted by Crippen LogP contribution is 2.25. The second kappa shape index (κ2) is 4.37. The lowest BCUT2D eigenvalue weighted by atomic mass is 10.2. The standard InChI is InChI=1S/C11H17ClOSi/c1-13-11-6-5-10(12)7-9(11)8-14(2,3)4/h5-7H,8H2,1-4H3. The SMILES string of the molecule is COc1ccc(Cl)cc1C[Si](C)(C)C. The van der Waals surface area contributed by atoms with E-state index >= 15 is 0 Å². The average Bonchev–Trinajstić information content (AvgIpc) is 2.01. The van der Waals surface area contributed by atoms with Gasteiger partial charge in [0.15, 0.2) is 0 Å². The van der Waals surface area contributed by atoms with Gasteiger partial charge in [-0.2, -0.15) is 0 Å². The molecule has 1 aromatic carbocycles. The Morgan fingerprint density at radius 2 is 1.93 bits per heavy atom. The summed E-state index contributed by atoms with van der Waals surface area (Å²) < 4.78 is 5.31. The molecular formula is C11H17ClOSi. The van der Waals surface area contributed by atoms with E-state index in [0.717, 1.165) is 16.8 Å². The fraction of sp³-hybridized carbons (Fsp3) is 0.455. The Labute approximate surface area is 92.1 Å². The van der Waals surface area contributed by atoms with Crippen LogP contribution in [0.3, 0.4) is 0 Å². The van der Waals surface area contributed by atoms with Crippen LogP contribution in [0.1, 0.15) is 5.56 Å². The minimum absolute atomic E-state index is 0.791. The van der Waals surface area contributed by atoms with Crippen molar-refractivity contribution in [3.63, 3.8) is 0 Å². The first-order valence-corrected chi connectivity index (χ1v) is 8.83. The molecule has 0 N–H and O–H groups in total. The van der Waals surface area contributed by atoms with E-state index in [1.54, 1.807) is 7.11 Å². The number of hydrogen-bond acceptors (Lipinski definition) is 1. The van der Waals surface area contributed by atoms with E-state index < -0.39 is 8.07 Å². The summed E-state index contributed by atoms with van der Waals surface area (Å²) in [5, 5.41) is 0.791. The first-order chi connectivity index (χ1) is 6.42. The van der Waals surface area contributed by atoms with Crippen molar-refractivity contribution >= 4 is 19.7 Å². The summed E-state index contributed by atoms with van der Waals surface area (Å²) in [6.45, 7) is 7.02. The molecule has 0 atom stereocenters. The van der Waals surface area contributed by atoms with Crippen LogP contribution in [0.2, 0.25) is 24.7 Å². The van der Waals surface area contributed by atoms with E-state index in [0.29, 0.717) is 0 Å². The molecule has 14 heavy (non-hydrogen) atoms. The van der Waals surface area contributed by atoms with Gasteiger partial charge in [-0.15, -0.1) is 0 Å². The van der Waals surface area contributed by atoms with Crippen molar-refractivity contribution < 1.29 is 4.74 Å². The summed E-state index contributed by atoms with van der Waals surface area (Å²) in [6.07, 6.45) is 0. The molecule has 0 saturated heterocycles. The van der Waals surface area contributed by atoms with Gasteiger partial charge in [0.25, 0.3) is 0 Å². The lowest BCUT2D eigenvalue weighted by Gasteiger charge is -2.18. The maximum absolute atomic E-state index is 5.96. The summed E-state index contributed by atoms with van der Waals surface area (Å²) in [5.74, 6) is 0.955. The van der Waals surface area contributed by atoms with Gasteiger partial charge >= 0.3 is 0 Å². The van der Waals surface area contributed by atoms with Gasteiger partial charge < -0.3 is 4.74 Å². The van der Waals surface area contributed by atoms with Gasteiger partial charge in [0, 0.05) is 13.1 Å². The normalized spacial score (nSPS) is 11.5. The summed E-state index contributed by atoms with van der Waals surface area (Å²) >= 11 is 5.96. The first-order valence-electron chi connectivity index (χ1n) is 4.75. The number of benzene rings is 1. The zero-order chi connectivity index (χ0) is 10.8. The molecule has 0 bridgehead atoms. The van der Waals surface area contributed by atoms with Crippen molar-refractivity contribution in [2.24, 2.45) is 0 Å². The molecule has 1 rings (SSSR count). The quantitative estimate of drug-likeness (QED) is 0.716. The molecule has 0 amide bonds. The highest BCUT2D eigenvalue weighted by Gasteiger charge is 2.16. The smallest absolute Gasteiger partial charge is 0.121 e. The van der Waals surface area contributed by atoms with Crippen LogP contribution in [0.4, 0.5) is 0 Å². The van der Waals surface area contributed by atoms with Crippen LogP contribution in [0.5, 0.6) is 5.75 Å². The average molecular weight is 229 g/mol. The minimum atomic E-state index is -1.11. The lowest BCUT2D eigenvalue weighted by molar-refractivity contribution is 0.411. The van der Waals surface area contributed by atoms with Crippen molar-refractivity contribution in [1.82, 2.24) is 0 Å². The van der Waals surface area contributed by atoms with Crippen LogP contribution < -0.4 is 4.74 Å². The van der Waals surface area contributed by atoms with Crippen LogP contribution in [0, 0.1) is 0 Å². The molecule has 0 aliphatic rings. The van der Waals surface area contributed by atoms with E-state index in [1.807, 2.05) is 18.2 Å². The van der Waals surface area contributed by atoms with Crippen LogP contribution in [0.15, 0.2) is 18.2 Å². The second-order valence-corrected chi connectivity index (χ2v) is 10.6. The Morgan fingerprint density at radius 3 is 2.43 bits per heavy atom. The fourth-order valence-corrected chi connectivity index (χ4v) is 3.07. The lowest BCUT2D eigenvalue weighted by Crippen LogP contribution is -2.24. The molecule has 0 heterocycles. The molecule has 0 radical (unpaired) electrons. The predicted molar refractivity (Wildman–Crippen MR) is 65.1 cm³/mol. The second-order valence-electron chi connectivity index (χ2n) is 4.69. The number of ether oxygens (including phenoxy) is 1. The summed E-state index contributed by atoms with van der Waals surface area (Å²) in [5.41, 5.74) is 1.24. The zero-order valence-electron chi connectivity index (χ0n) is 9.23. The number of halogens is 1. The highest BCUT2D eigenvalue weighted by molar-refractivity contribution is 6.75. The maximum Gasteiger partial charge on any atom is 0.121 e. The van der Waals surface area contributed by atoms with Crippen LogP contribution in [0.25, 0.3) is 0 Å². The van der Waals surface area contributed by atoms with Gasteiger partial charge in [-0.05, 0) is 29.8 Å². The number of hydrogen-bond donors (Lipinski definition) is 0. The molecule has 1 nitrogen and oxygen atoms in total. The number of methoxy groups -OCH3 is 1. The van der Waals surface area contributed by atoms with Crippen LogP contribution >= 0.6 is 11.6 Å². The number of rotatable bonds is 3. The monoisotopic (exact) mass is 228 g/mol. The van der Waals surface area contributed by atoms with Crippen molar-refractivity contribution in [1.29, 1.82) is 0 Å². The largest absolute Gasteiger partial charge is 0.496 e. The van der Waals surface area contributed by atoms with Crippen molar-refractivity contribution in [3.8, 4) is 5.75 Å². The zero-order valence-corrected chi connectivity index (χ0v) is 11.0. The fourth-order valence-electron chi connectivity index (χ4n) is 1.46. The van der Waals surface area contributed by atoms with Gasteiger partial charge in [0.05, 0.1) is 7.11 Å². The Morgan fingerprint density at radius 1 is 1.29 bits per heavy atom. The highest BCUT2D eigenvalue weighted by atomic mass is 35.5. The minimum Gasteiger partial charge on any atom is -0.496 e. The molecule has 0 spiro atoms. The molecule has 0 aliphatic heterocycles. The van der Waals surface area contributed by atoms with Gasteiger partial charge in [0.2, 0.25) is 0 Å². The molecule has 3 heteroatoms. The van der Waals surface area contributed by atoms with E-state index in [1.165, 1.54) is 5.56 Å². The maximum atomic E-state index is 5.96. The van der Waals surface area contributed by atoms with Crippen molar-refractivity contribution in [2.45, 2.75) is 25.7 Å².